The monoisotopic (exact) mass is 280 g/mol. The second-order valence-corrected chi connectivity index (χ2v) is 4.06. The van der Waals surface area contributed by atoms with Gasteiger partial charge in [-0.2, -0.15) is 0 Å². The Morgan fingerprint density at radius 2 is 2.18 bits per heavy atom. The molecule has 0 saturated heterocycles. The van der Waals surface area contributed by atoms with E-state index in [-0.39, 0.29) is 28.7 Å². The van der Waals surface area contributed by atoms with Crippen molar-refractivity contribution in [1.29, 1.82) is 0 Å². The summed E-state index contributed by atoms with van der Waals surface area (Å²) in [5, 5.41) is 29.7. The van der Waals surface area contributed by atoms with Gasteiger partial charge in [-0.15, -0.1) is 11.6 Å². The number of rotatable bonds is 5. The molecule has 0 amide bonds. The summed E-state index contributed by atoms with van der Waals surface area (Å²) >= 11 is 11.1. The van der Waals surface area contributed by atoms with Gasteiger partial charge in [0.25, 0.3) is 5.69 Å². The summed E-state index contributed by atoms with van der Waals surface area (Å²) in [5.74, 6) is 0.151. The van der Waals surface area contributed by atoms with Crippen LogP contribution in [0.5, 0.6) is 0 Å². The molecule has 0 radical (unpaired) electrons. The van der Waals surface area contributed by atoms with E-state index in [0.29, 0.717) is 0 Å². The van der Waals surface area contributed by atoms with Gasteiger partial charge in [0.15, 0.2) is 0 Å². The zero-order valence-corrected chi connectivity index (χ0v) is 10.1. The van der Waals surface area contributed by atoms with Crippen molar-refractivity contribution in [3.8, 4) is 0 Å². The van der Waals surface area contributed by atoms with Gasteiger partial charge in [-0.05, 0) is 6.42 Å². The topological polar surface area (TPSA) is 96.5 Å². The number of nitrogens with zero attached hydrogens (tertiary/aromatic N) is 2. The van der Waals surface area contributed by atoms with E-state index < -0.39 is 17.1 Å². The summed E-state index contributed by atoms with van der Waals surface area (Å²) in [7, 11) is 0. The van der Waals surface area contributed by atoms with Crippen molar-refractivity contribution in [2.24, 2.45) is 0 Å². The SMILES string of the molecule is O=[N+]([O-])c1cnc(Cl)c(C(O)C(O)CCCl)c1. The van der Waals surface area contributed by atoms with Gasteiger partial charge in [-0.3, -0.25) is 10.1 Å². The first-order chi connectivity index (χ1) is 7.97. The zero-order chi connectivity index (χ0) is 13.0. The van der Waals surface area contributed by atoms with Crippen molar-refractivity contribution in [3.63, 3.8) is 0 Å². The van der Waals surface area contributed by atoms with Gasteiger partial charge in [0.05, 0.1) is 11.0 Å². The number of aromatic nitrogens is 1. The van der Waals surface area contributed by atoms with E-state index in [9.17, 15) is 20.3 Å². The second kappa shape index (κ2) is 6.11. The maximum Gasteiger partial charge on any atom is 0.288 e. The van der Waals surface area contributed by atoms with Gasteiger partial charge in [0.2, 0.25) is 0 Å². The molecular weight excluding hydrogens is 271 g/mol. The van der Waals surface area contributed by atoms with Crippen LogP contribution in [-0.2, 0) is 0 Å². The van der Waals surface area contributed by atoms with Crippen LogP contribution in [0.1, 0.15) is 18.1 Å². The van der Waals surface area contributed by atoms with Crippen molar-refractivity contribution < 1.29 is 15.1 Å². The molecule has 1 rings (SSSR count). The molecule has 0 fully saturated rings. The van der Waals surface area contributed by atoms with Crippen LogP contribution in [0, 0.1) is 10.1 Å². The molecule has 0 bridgehead atoms. The first-order valence-electron chi connectivity index (χ1n) is 4.69. The quantitative estimate of drug-likeness (QED) is 0.370. The lowest BCUT2D eigenvalue weighted by Gasteiger charge is -2.17. The molecule has 1 aromatic heterocycles. The summed E-state index contributed by atoms with van der Waals surface area (Å²) in [6.07, 6.45) is -1.38. The minimum atomic E-state index is -1.35. The smallest absolute Gasteiger partial charge is 0.288 e. The second-order valence-electron chi connectivity index (χ2n) is 3.32. The standard InChI is InChI=1S/C9H10Cl2N2O4/c10-2-1-7(14)8(15)6-3-5(13(16)17)4-12-9(6)11/h3-4,7-8,14-15H,1-2H2. The number of hydrogen-bond donors (Lipinski definition) is 2. The minimum Gasteiger partial charge on any atom is -0.390 e. The Morgan fingerprint density at radius 1 is 1.53 bits per heavy atom. The van der Waals surface area contributed by atoms with E-state index in [4.69, 9.17) is 23.2 Å². The molecule has 0 aliphatic carbocycles. The van der Waals surface area contributed by atoms with E-state index in [1.54, 1.807) is 0 Å². The predicted octanol–water partition coefficient (Wildman–Crippen LogP) is 1.67. The van der Waals surface area contributed by atoms with E-state index >= 15 is 0 Å². The highest BCUT2D eigenvalue weighted by Crippen LogP contribution is 2.28. The fourth-order valence-electron chi connectivity index (χ4n) is 1.24. The summed E-state index contributed by atoms with van der Waals surface area (Å²) in [6.45, 7) is 0. The summed E-state index contributed by atoms with van der Waals surface area (Å²) < 4.78 is 0. The van der Waals surface area contributed by atoms with Crippen LogP contribution in [0.25, 0.3) is 0 Å². The van der Waals surface area contributed by atoms with Gasteiger partial charge in [0.1, 0.15) is 17.5 Å². The van der Waals surface area contributed by atoms with Gasteiger partial charge in [-0.25, -0.2) is 4.98 Å². The van der Waals surface area contributed by atoms with Crippen LogP contribution >= 0.6 is 23.2 Å². The maximum atomic E-state index is 10.5. The van der Waals surface area contributed by atoms with E-state index in [0.717, 1.165) is 12.3 Å². The largest absolute Gasteiger partial charge is 0.390 e. The molecular formula is C9H10Cl2N2O4. The van der Waals surface area contributed by atoms with Crippen LogP contribution in [0.2, 0.25) is 5.15 Å². The van der Waals surface area contributed by atoms with Crippen molar-refractivity contribution in [3.05, 3.63) is 33.1 Å². The van der Waals surface area contributed by atoms with Crippen LogP contribution in [-0.4, -0.2) is 32.1 Å². The lowest BCUT2D eigenvalue weighted by Crippen LogP contribution is -2.19. The van der Waals surface area contributed by atoms with Gasteiger partial charge in [0, 0.05) is 17.5 Å². The van der Waals surface area contributed by atoms with Crippen molar-refractivity contribution >= 4 is 28.9 Å². The molecule has 94 valence electrons. The number of hydrogen-bond acceptors (Lipinski definition) is 5. The van der Waals surface area contributed by atoms with Crippen LogP contribution < -0.4 is 0 Å². The molecule has 2 unspecified atom stereocenters. The Hall–Kier alpha value is -0.950. The molecule has 6 nitrogen and oxygen atoms in total. The predicted molar refractivity (Wildman–Crippen MR) is 62.2 cm³/mol. The third-order valence-corrected chi connectivity index (χ3v) is 2.68. The lowest BCUT2D eigenvalue weighted by molar-refractivity contribution is -0.385. The number of alkyl halides is 1. The molecule has 0 spiro atoms. The van der Waals surface area contributed by atoms with Crippen molar-refractivity contribution in [2.45, 2.75) is 18.6 Å². The molecule has 0 aliphatic heterocycles. The van der Waals surface area contributed by atoms with Crippen LogP contribution in [0.4, 0.5) is 5.69 Å². The highest BCUT2D eigenvalue weighted by molar-refractivity contribution is 6.30. The first-order valence-corrected chi connectivity index (χ1v) is 5.60. The summed E-state index contributed by atoms with van der Waals surface area (Å²) in [5.41, 5.74) is -0.292. The summed E-state index contributed by atoms with van der Waals surface area (Å²) in [6, 6.07) is 1.08. The molecule has 1 heterocycles. The Bertz CT molecular complexity index is 416. The van der Waals surface area contributed by atoms with Gasteiger partial charge in [-0.1, -0.05) is 11.6 Å². The third kappa shape index (κ3) is 3.50. The average molecular weight is 281 g/mol. The highest BCUT2D eigenvalue weighted by atomic mass is 35.5. The molecule has 1 aromatic rings. The number of nitro groups is 1. The maximum absolute atomic E-state index is 10.5. The minimum absolute atomic E-state index is 0.0125. The lowest BCUT2D eigenvalue weighted by atomic mass is 10.0. The third-order valence-electron chi connectivity index (χ3n) is 2.15. The van der Waals surface area contributed by atoms with Crippen LogP contribution in [0.15, 0.2) is 12.3 Å². The number of halogens is 2. The number of pyridine rings is 1. The van der Waals surface area contributed by atoms with Gasteiger partial charge < -0.3 is 10.2 Å². The first kappa shape index (κ1) is 14.1. The normalized spacial score (nSPS) is 14.4. The number of aliphatic hydroxyl groups excluding tert-OH is 2. The fraction of sp³-hybridized carbons (Fsp3) is 0.444. The fourth-order valence-corrected chi connectivity index (χ4v) is 1.68. The molecule has 0 saturated carbocycles. The molecule has 2 atom stereocenters. The van der Waals surface area contributed by atoms with Crippen molar-refractivity contribution in [1.82, 2.24) is 4.98 Å². The Balaban J connectivity index is 3.03. The summed E-state index contributed by atoms with van der Waals surface area (Å²) in [4.78, 5) is 13.5. The van der Waals surface area contributed by atoms with Crippen LogP contribution in [0.3, 0.4) is 0 Å². The molecule has 17 heavy (non-hydrogen) atoms. The average Bonchev–Trinajstić information content (AvgIpc) is 2.28. The highest BCUT2D eigenvalue weighted by Gasteiger charge is 2.23. The van der Waals surface area contributed by atoms with Crippen molar-refractivity contribution in [2.75, 3.05) is 5.88 Å². The Labute approximate surface area is 107 Å². The Morgan fingerprint density at radius 3 is 2.71 bits per heavy atom. The molecule has 8 heteroatoms. The zero-order valence-electron chi connectivity index (χ0n) is 8.58. The van der Waals surface area contributed by atoms with E-state index in [2.05, 4.69) is 4.98 Å². The molecule has 0 aliphatic rings. The van der Waals surface area contributed by atoms with E-state index in [1.165, 1.54) is 0 Å². The van der Waals surface area contributed by atoms with Gasteiger partial charge >= 0.3 is 0 Å². The molecule has 2 N–H and O–H groups in total. The Kier molecular flexibility index (Phi) is 5.07. The van der Waals surface area contributed by atoms with E-state index in [1.807, 2.05) is 0 Å². The molecule has 0 aromatic carbocycles. The number of aliphatic hydroxyl groups is 2.